The lowest BCUT2D eigenvalue weighted by Gasteiger charge is -1.92. The zero-order valence-corrected chi connectivity index (χ0v) is 6.01. The van der Waals surface area contributed by atoms with Crippen molar-refractivity contribution >= 4 is 7.60 Å². The van der Waals surface area contributed by atoms with Crippen molar-refractivity contribution in [2.24, 2.45) is 0 Å². The van der Waals surface area contributed by atoms with E-state index in [1.54, 1.807) is 7.05 Å². The van der Waals surface area contributed by atoms with Crippen molar-refractivity contribution in [2.75, 3.05) is 13.6 Å². The Morgan fingerprint density at radius 2 is 2.22 bits per heavy atom. The maximum atomic E-state index is 10.1. The fraction of sp³-hybridized carbons (Fsp3) is 0.500. The number of nitrogens with one attached hydrogen (secondary N) is 1. The van der Waals surface area contributed by atoms with E-state index in [1.165, 1.54) is 6.08 Å². The first-order chi connectivity index (χ1) is 4.06. The molecule has 0 aliphatic heterocycles. The molecule has 3 N–H and O–H groups in total. The molecule has 0 fully saturated rings. The molecule has 0 atom stereocenters. The van der Waals surface area contributed by atoms with Crippen molar-refractivity contribution in [3.8, 4) is 0 Å². The highest BCUT2D eigenvalue weighted by Gasteiger charge is 2.03. The third-order valence-electron chi connectivity index (χ3n) is 0.622. The average molecular weight is 151 g/mol. The van der Waals surface area contributed by atoms with E-state index in [-0.39, 0.29) is 0 Å². The van der Waals surface area contributed by atoms with E-state index in [4.69, 9.17) is 9.79 Å². The molecule has 0 aliphatic carbocycles. The molecule has 4 nitrogen and oxygen atoms in total. The monoisotopic (exact) mass is 151 g/mol. The van der Waals surface area contributed by atoms with E-state index < -0.39 is 7.60 Å². The van der Waals surface area contributed by atoms with Gasteiger partial charge >= 0.3 is 7.60 Å². The van der Waals surface area contributed by atoms with Crippen LogP contribution in [0.2, 0.25) is 0 Å². The average Bonchev–Trinajstić information content (AvgIpc) is 1.63. The molecular formula is C4H10NO3P. The van der Waals surface area contributed by atoms with Crippen molar-refractivity contribution < 1.29 is 14.4 Å². The Morgan fingerprint density at radius 1 is 1.67 bits per heavy atom. The van der Waals surface area contributed by atoms with Crippen molar-refractivity contribution in [2.45, 2.75) is 0 Å². The van der Waals surface area contributed by atoms with E-state index in [1.807, 2.05) is 0 Å². The van der Waals surface area contributed by atoms with Gasteiger partial charge < -0.3 is 15.1 Å². The summed E-state index contributed by atoms with van der Waals surface area (Å²) < 4.78 is 10.1. The Labute approximate surface area is 53.7 Å². The van der Waals surface area contributed by atoms with Crippen LogP contribution in [0.5, 0.6) is 0 Å². The lowest BCUT2D eigenvalue weighted by molar-refractivity contribution is 0.386. The lowest BCUT2D eigenvalue weighted by atomic mass is 10.6. The van der Waals surface area contributed by atoms with Crippen molar-refractivity contribution in [3.63, 3.8) is 0 Å². The molecule has 0 spiro atoms. The molecule has 0 aromatic carbocycles. The minimum atomic E-state index is -3.92. The van der Waals surface area contributed by atoms with Gasteiger partial charge in [-0.05, 0) is 7.05 Å². The minimum Gasteiger partial charge on any atom is -0.321 e. The quantitative estimate of drug-likeness (QED) is 0.492. The Bertz CT molecular complexity index is 139. The zero-order chi connectivity index (χ0) is 7.33. The molecular weight excluding hydrogens is 141 g/mol. The van der Waals surface area contributed by atoms with Crippen molar-refractivity contribution in [3.05, 3.63) is 11.9 Å². The molecule has 0 heterocycles. The lowest BCUT2D eigenvalue weighted by Crippen LogP contribution is -2.03. The predicted molar refractivity (Wildman–Crippen MR) is 35.1 cm³/mol. The van der Waals surface area contributed by atoms with Crippen molar-refractivity contribution in [1.29, 1.82) is 0 Å². The second-order valence-corrected chi connectivity index (χ2v) is 3.01. The molecule has 9 heavy (non-hydrogen) atoms. The first-order valence-corrected chi connectivity index (χ1v) is 4.12. The molecule has 0 saturated carbocycles. The predicted octanol–water partition coefficient (Wildman–Crippen LogP) is -0.103. The van der Waals surface area contributed by atoms with Crippen LogP contribution in [0.4, 0.5) is 0 Å². The zero-order valence-electron chi connectivity index (χ0n) is 5.11. The number of hydrogen-bond donors (Lipinski definition) is 3. The molecule has 0 amide bonds. The highest BCUT2D eigenvalue weighted by atomic mass is 31.2. The highest BCUT2D eigenvalue weighted by Crippen LogP contribution is 2.35. The first kappa shape index (κ1) is 8.85. The van der Waals surface area contributed by atoms with E-state index >= 15 is 0 Å². The smallest absolute Gasteiger partial charge is 0.321 e. The summed E-state index contributed by atoms with van der Waals surface area (Å²) in [6, 6.07) is 0. The summed E-state index contributed by atoms with van der Waals surface area (Å²) in [5, 5.41) is 2.71. The van der Waals surface area contributed by atoms with Gasteiger partial charge in [-0.2, -0.15) is 0 Å². The normalized spacial score (nSPS) is 12.8. The van der Waals surface area contributed by atoms with Gasteiger partial charge in [0.1, 0.15) is 0 Å². The van der Waals surface area contributed by atoms with Crippen molar-refractivity contribution in [1.82, 2.24) is 5.32 Å². The summed E-state index contributed by atoms with van der Waals surface area (Å²) in [6.07, 6.45) is 1.39. The third-order valence-corrected chi connectivity index (χ3v) is 1.22. The molecule has 0 aromatic heterocycles. The maximum Gasteiger partial charge on any atom is 0.348 e. The van der Waals surface area contributed by atoms with Gasteiger partial charge in [-0.1, -0.05) is 6.08 Å². The molecule has 5 heteroatoms. The summed E-state index contributed by atoms with van der Waals surface area (Å²) in [7, 11) is -2.22. The third kappa shape index (κ3) is 7.85. The van der Waals surface area contributed by atoms with Gasteiger partial charge in [0.2, 0.25) is 0 Å². The molecule has 0 rings (SSSR count). The largest absolute Gasteiger partial charge is 0.348 e. The standard InChI is InChI=1S/C4H10NO3P/c1-5-3-2-4-9(6,7)8/h2,4-5H,3H2,1H3,(H2,6,7,8)/b4-2+. The Morgan fingerprint density at radius 3 is 2.56 bits per heavy atom. The minimum absolute atomic E-state index is 0.477. The van der Waals surface area contributed by atoms with Crippen LogP contribution in [0.1, 0.15) is 0 Å². The summed E-state index contributed by atoms with van der Waals surface area (Å²) in [5.41, 5.74) is 0. The van der Waals surface area contributed by atoms with Crippen LogP contribution in [-0.4, -0.2) is 23.4 Å². The van der Waals surface area contributed by atoms with Gasteiger partial charge in [0, 0.05) is 12.4 Å². The van der Waals surface area contributed by atoms with E-state index in [2.05, 4.69) is 5.32 Å². The number of likely N-dealkylation sites (N-methyl/N-ethyl adjacent to an activating group) is 1. The van der Waals surface area contributed by atoms with Crippen LogP contribution < -0.4 is 5.32 Å². The molecule has 0 aliphatic rings. The van der Waals surface area contributed by atoms with E-state index in [0.29, 0.717) is 6.54 Å². The molecule has 54 valence electrons. The fourth-order valence-electron chi connectivity index (χ4n) is 0.308. The second kappa shape index (κ2) is 3.80. The number of rotatable bonds is 3. The molecule has 0 bridgehead atoms. The summed E-state index contributed by atoms with van der Waals surface area (Å²) >= 11 is 0. The maximum absolute atomic E-state index is 10.1. The van der Waals surface area contributed by atoms with Crippen LogP contribution in [0, 0.1) is 0 Å². The summed E-state index contributed by atoms with van der Waals surface area (Å²) in [4.78, 5) is 16.5. The van der Waals surface area contributed by atoms with Gasteiger partial charge in [-0.15, -0.1) is 0 Å². The van der Waals surface area contributed by atoms with Crippen LogP contribution >= 0.6 is 7.60 Å². The second-order valence-electron chi connectivity index (χ2n) is 1.53. The van der Waals surface area contributed by atoms with Gasteiger partial charge in [0.15, 0.2) is 0 Å². The SMILES string of the molecule is CNC/C=C/P(=O)(O)O. The van der Waals surface area contributed by atoms with E-state index in [0.717, 1.165) is 5.82 Å². The van der Waals surface area contributed by atoms with Gasteiger partial charge in [-0.3, -0.25) is 4.57 Å². The highest BCUT2D eigenvalue weighted by molar-refractivity contribution is 7.55. The van der Waals surface area contributed by atoms with E-state index in [9.17, 15) is 4.57 Å². The van der Waals surface area contributed by atoms with Crippen LogP contribution in [0.3, 0.4) is 0 Å². The van der Waals surface area contributed by atoms with Crippen LogP contribution in [0.25, 0.3) is 0 Å². The fourth-order valence-corrected chi connectivity index (χ4v) is 0.688. The van der Waals surface area contributed by atoms with Gasteiger partial charge in [0.05, 0.1) is 0 Å². The summed E-state index contributed by atoms with van der Waals surface area (Å²) in [6.45, 7) is 0.477. The number of hydrogen-bond acceptors (Lipinski definition) is 2. The Hall–Kier alpha value is -0.150. The van der Waals surface area contributed by atoms with Gasteiger partial charge in [-0.25, -0.2) is 0 Å². The first-order valence-electron chi connectivity index (χ1n) is 2.44. The van der Waals surface area contributed by atoms with Crippen LogP contribution in [0.15, 0.2) is 11.9 Å². The molecule has 0 radical (unpaired) electrons. The van der Waals surface area contributed by atoms with Gasteiger partial charge in [0.25, 0.3) is 0 Å². The molecule has 0 saturated heterocycles. The molecule has 0 aromatic rings. The Kier molecular flexibility index (Phi) is 3.73. The molecule has 0 unspecified atom stereocenters. The Balaban J connectivity index is 3.58. The van der Waals surface area contributed by atoms with Crippen LogP contribution in [-0.2, 0) is 4.57 Å². The topological polar surface area (TPSA) is 69.6 Å². The summed E-state index contributed by atoms with van der Waals surface area (Å²) in [5.74, 6) is 0.878.